The van der Waals surface area contributed by atoms with Crippen LogP contribution in [0.1, 0.15) is 39.0 Å². The Bertz CT molecular complexity index is 151. The lowest BCUT2D eigenvalue weighted by molar-refractivity contribution is -0.121. The summed E-state index contributed by atoms with van der Waals surface area (Å²) >= 11 is 0. The van der Waals surface area contributed by atoms with Crippen molar-refractivity contribution in [3.63, 3.8) is 0 Å². The highest BCUT2D eigenvalue weighted by atomic mass is 16.5. The number of amides is 1. The van der Waals surface area contributed by atoms with E-state index in [0.29, 0.717) is 26.0 Å². The summed E-state index contributed by atoms with van der Waals surface area (Å²) in [6.45, 7) is 4.39. The summed E-state index contributed by atoms with van der Waals surface area (Å²) in [6.07, 6.45) is 4.06. The summed E-state index contributed by atoms with van der Waals surface area (Å²) in [5.74, 6) is 0.0117. The van der Waals surface area contributed by atoms with E-state index in [1.54, 1.807) is 0 Å². The Morgan fingerprint density at radius 2 is 2.00 bits per heavy atom. The van der Waals surface area contributed by atoms with Crippen LogP contribution in [0, 0.1) is 0 Å². The second-order valence-corrected chi connectivity index (χ2v) is 3.50. The molecule has 0 aliphatic carbocycles. The van der Waals surface area contributed by atoms with E-state index >= 15 is 0 Å². The van der Waals surface area contributed by atoms with Gasteiger partial charge in [0.1, 0.15) is 0 Å². The van der Waals surface area contributed by atoms with E-state index in [4.69, 9.17) is 9.84 Å². The number of rotatable bonds is 10. The number of carbonyl (C=O) groups is 1. The first-order valence-electron chi connectivity index (χ1n) is 5.76. The van der Waals surface area contributed by atoms with Crippen molar-refractivity contribution < 1.29 is 14.6 Å². The molecule has 0 fully saturated rings. The molecule has 0 radical (unpaired) electrons. The van der Waals surface area contributed by atoms with E-state index in [0.717, 1.165) is 25.9 Å². The molecular weight excluding hydrogens is 194 g/mol. The van der Waals surface area contributed by atoms with Gasteiger partial charge in [0.25, 0.3) is 0 Å². The van der Waals surface area contributed by atoms with Crippen molar-refractivity contribution in [3.05, 3.63) is 0 Å². The fraction of sp³-hybridized carbons (Fsp3) is 0.909. The Morgan fingerprint density at radius 1 is 1.27 bits per heavy atom. The molecule has 0 bridgehead atoms. The molecule has 0 spiro atoms. The standard InChI is InChI=1S/C11H23NO3/c1-2-3-9-15-10-5-7-12-11(14)6-4-8-13/h13H,2-10H2,1H3,(H,12,14). The SMILES string of the molecule is CCCCOCCCNC(=O)CCCO. The Kier molecular flexibility index (Phi) is 11.0. The van der Waals surface area contributed by atoms with Crippen LogP contribution in [0.25, 0.3) is 0 Å². The average molecular weight is 217 g/mol. The fourth-order valence-corrected chi connectivity index (χ4v) is 1.08. The van der Waals surface area contributed by atoms with Crippen LogP contribution in [0.4, 0.5) is 0 Å². The van der Waals surface area contributed by atoms with Gasteiger partial charge in [0.15, 0.2) is 0 Å². The number of nitrogens with one attached hydrogen (secondary N) is 1. The van der Waals surface area contributed by atoms with E-state index in [2.05, 4.69) is 12.2 Å². The number of unbranched alkanes of at least 4 members (excludes halogenated alkanes) is 1. The third-order valence-electron chi connectivity index (χ3n) is 1.99. The molecule has 0 saturated heterocycles. The summed E-state index contributed by atoms with van der Waals surface area (Å²) in [4.78, 5) is 11.1. The molecule has 1 amide bonds. The molecule has 15 heavy (non-hydrogen) atoms. The van der Waals surface area contributed by atoms with Crippen molar-refractivity contribution in [2.45, 2.75) is 39.0 Å². The monoisotopic (exact) mass is 217 g/mol. The zero-order valence-corrected chi connectivity index (χ0v) is 9.63. The fourth-order valence-electron chi connectivity index (χ4n) is 1.08. The minimum Gasteiger partial charge on any atom is -0.396 e. The molecule has 0 heterocycles. The maximum absolute atomic E-state index is 11.1. The Balaban J connectivity index is 3.06. The first-order chi connectivity index (χ1) is 7.31. The van der Waals surface area contributed by atoms with Gasteiger partial charge >= 0.3 is 0 Å². The molecule has 4 heteroatoms. The highest BCUT2D eigenvalue weighted by Crippen LogP contribution is 1.90. The van der Waals surface area contributed by atoms with Gasteiger partial charge in [0.05, 0.1) is 0 Å². The Morgan fingerprint density at radius 3 is 2.67 bits per heavy atom. The minimum absolute atomic E-state index is 0.0117. The molecule has 0 aromatic rings. The van der Waals surface area contributed by atoms with Gasteiger partial charge in [-0.05, 0) is 19.3 Å². The van der Waals surface area contributed by atoms with Crippen molar-refractivity contribution in [2.75, 3.05) is 26.4 Å². The Hall–Kier alpha value is -0.610. The zero-order valence-electron chi connectivity index (χ0n) is 9.63. The molecule has 4 nitrogen and oxygen atoms in total. The number of ether oxygens (including phenoxy) is 1. The van der Waals surface area contributed by atoms with Gasteiger partial charge in [-0.25, -0.2) is 0 Å². The number of hydrogen-bond donors (Lipinski definition) is 2. The summed E-state index contributed by atoms with van der Waals surface area (Å²) in [6, 6.07) is 0. The quantitative estimate of drug-likeness (QED) is 0.538. The minimum atomic E-state index is 0.0117. The number of carbonyl (C=O) groups excluding carboxylic acids is 1. The number of hydrogen-bond acceptors (Lipinski definition) is 3. The summed E-state index contributed by atoms with van der Waals surface area (Å²) in [5.41, 5.74) is 0. The zero-order chi connectivity index (χ0) is 11.4. The average Bonchev–Trinajstić information content (AvgIpc) is 2.25. The highest BCUT2D eigenvalue weighted by Gasteiger charge is 1.98. The smallest absolute Gasteiger partial charge is 0.220 e. The van der Waals surface area contributed by atoms with Gasteiger partial charge in [-0.15, -0.1) is 0 Å². The van der Waals surface area contributed by atoms with E-state index in [-0.39, 0.29) is 12.5 Å². The molecule has 0 atom stereocenters. The maximum Gasteiger partial charge on any atom is 0.220 e. The van der Waals surface area contributed by atoms with Crippen LogP contribution in [0.5, 0.6) is 0 Å². The van der Waals surface area contributed by atoms with Gasteiger partial charge in [-0.3, -0.25) is 4.79 Å². The largest absolute Gasteiger partial charge is 0.396 e. The molecule has 0 aliphatic heterocycles. The summed E-state index contributed by atoms with van der Waals surface area (Å²) in [7, 11) is 0. The predicted molar refractivity (Wildman–Crippen MR) is 59.7 cm³/mol. The van der Waals surface area contributed by atoms with Crippen molar-refractivity contribution in [1.29, 1.82) is 0 Å². The molecule has 0 unspecified atom stereocenters. The van der Waals surface area contributed by atoms with E-state index in [1.165, 1.54) is 0 Å². The summed E-state index contributed by atoms with van der Waals surface area (Å²) < 4.78 is 5.35. The van der Waals surface area contributed by atoms with Gasteiger partial charge < -0.3 is 15.2 Å². The van der Waals surface area contributed by atoms with Gasteiger partial charge in [0, 0.05) is 32.8 Å². The first-order valence-corrected chi connectivity index (χ1v) is 5.76. The van der Waals surface area contributed by atoms with Crippen LogP contribution in [-0.2, 0) is 9.53 Å². The second kappa shape index (κ2) is 11.5. The molecule has 0 aliphatic rings. The predicted octanol–water partition coefficient (Wildman–Crippen LogP) is 1.08. The lowest BCUT2D eigenvalue weighted by atomic mass is 10.3. The molecular formula is C11H23NO3. The van der Waals surface area contributed by atoms with Crippen molar-refractivity contribution >= 4 is 5.91 Å². The highest BCUT2D eigenvalue weighted by molar-refractivity contribution is 5.75. The van der Waals surface area contributed by atoms with E-state index in [9.17, 15) is 4.79 Å². The molecule has 0 saturated carbocycles. The third kappa shape index (κ3) is 11.3. The van der Waals surface area contributed by atoms with Crippen molar-refractivity contribution in [1.82, 2.24) is 5.32 Å². The third-order valence-corrected chi connectivity index (χ3v) is 1.99. The van der Waals surface area contributed by atoms with Gasteiger partial charge in [-0.1, -0.05) is 13.3 Å². The molecule has 0 rings (SSSR count). The number of aliphatic hydroxyl groups excluding tert-OH is 1. The molecule has 90 valence electrons. The van der Waals surface area contributed by atoms with Crippen LogP contribution in [0.15, 0.2) is 0 Å². The van der Waals surface area contributed by atoms with Crippen molar-refractivity contribution in [2.24, 2.45) is 0 Å². The maximum atomic E-state index is 11.1. The topological polar surface area (TPSA) is 58.6 Å². The second-order valence-electron chi connectivity index (χ2n) is 3.50. The van der Waals surface area contributed by atoms with Crippen molar-refractivity contribution in [3.8, 4) is 0 Å². The van der Waals surface area contributed by atoms with Crippen LogP contribution >= 0.6 is 0 Å². The molecule has 0 aromatic heterocycles. The summed E-state index contributed by atoms with van der Waals surface area (Å²) in [5, 5.41) is 11.3. The van der Waals surface area contributed by atoms with E-state index in [1.807, 2.05) is 0 Å². The first kappa shape index (κ1) is 14.4. The lowest BCUT2D eigenvalue weighted by Crippen LogP contribution is -2.25. The molecule has 2 N–H and O–H groups in total. The normalized spacial score (nSPS) is 10.3. The van der Waals surface area contributed by atoms with Crippen LogP contribution in [0.3, 0.4) is 0 Å². The van der Waals surface area contributed by atoms with Crippen LogP contribution in [-0.4, -0.2) is 37.4 Å². The molecule has 0 aromatic carbocycles. The lowest BCUT2D eigenvalue weighted by Gasteiger charge is -2.05. The van der Waals surface area contributed by atoms with Gasteiger partial charge in [-0.2, -0.15) is 0 Å². The van der Waals surface area contributed by atoms with E-state index < -0.39 is 0 Å². The van der Waals surface area contributed by atoms with Gasteiger partial charge in [0.2, 0.25) is 5.91 Å². The Labute approximate surface area is 92.0 Å². The van der Waals surface area contributed by atoms with Crippen LogP contribution in [0.2, 0.25) is 0 Å². The number of aliphatic hydroxyl groups is 1. The van der Waals surface area contributed by atoms with Crippen LogP contribution < -0.4 is 5.32 Å².